The Morgan fingerprint density at radius 1 is 1.29 bits per heavy atom. The van der Waals surface area contributed by atoms with Gasteiger partial charge in [-0.2, -0.15) is 5.10 Å². The smallest absolute Gasteiger partial charge is 0.303 e. The van der Waals surface area contributed by atoms with Gasteiger partial charge in [0.15, 0.2) is 0 Å². The van der Waals surface area contributed by atoms with E-state index in [1.54, 1.807) is 6.07 Å². The van der Waals surface area contributed by atoms with Gasteiger partial charge in [-0.25, -0.2) is 4.68 Å². The molecule has 0 fully saturated rings. The quantitative estimate of drug-likeness (QED) is 0.884. The normalized spacial score (nSPS) is 10.5. The molecule has 1 aromatic heterocycles. The highest BCUT2D eigenvalue weighted by molar-refractivity contribution is 5.67. The van der Waals surface area contributed by atoms with E-state index in [9.17, 15) is 9.59 Å². The van der Waals surface area contributed by atoms with Crippen LogP contribution >= 0.6 is 0 Å². The molecule has 0 radical (unpaired) electrons. The van der Waals surface area contributed by atoms with Crippen molar-refractivity contribution in [2.45, 2.75) is 32.7 Å². The van der Waals surface area contributed by atoms with Crippen molar-refractivity contribution in [3.63, 3.8) is 0 Å². The Labute approximate surface area is 122 Å². The molecule has 5 nitrogen and oxygen atoms in total. The molecule has 0 unspecified atom stereocenters. The van der Waals surface area contributed by atoms with E-state index in [2.05, 4.69) is 5.10 Å². The average Bonchev–Trinajstić information content (AvgIpc) is 2.49. The highest BCUT2D eigenvalue weighted by Crippen LogP contribution is 2.16. The zero-order chi connectivity index (χ0) is 15.2. The van der Waals surface area contributed by atoms with Crippen LogP contribution in [-0.2, 0) is 17.8 Å². The SMILES string of the molecule is CCCn1nc(-c2ccccc2)cc(CCC(=O)O)c1=O. The Bertz CT molecular complexity index is 678. The van der Waals surface area contributed by atoms with Gasteiger partial charge in [-0.3, -0.25) is 9.59 Å². The minimum Gasteiger partial charge on any atom is -0.481 e. The second kappa shape index (κ2) is 6.83. The van der Waals surface area contributed by atoms with Gasteiger partial charge in [-0.1, -0.05) is 37.3 Å². The number of hydrogen-bond acceptors (Lipinski definition) is 3. The highest BCUT2D eigenvalue weighted by Gasteiger charge is 2.11. The van der Waals surface area contributed by atoms with Gasteiger partial charge >= 0.3 is 5.97 Å². The minimum absolute atomic E-state index is 0.0559. The third kappa shape index (κ3) is 3.78. The van der Waals surface area contributed by atoms with Crippen LogP contribution in [0.3, 0.4) is 0 Å². The Morgan fingerprint density at radius 3 is 2.62 bits per heavy atom. The van der Waals surface area contributed by atoms with Gasteiger partial charge < -0.3 is 5.11 Å². The van der Waals surface area contributed by atoms with Crippen LogP contribution in [0.25, 0.3) is 11.3 Å². The van der Waals surface area contributed by atoms with E-state index in [1.807, 2.05) is 37.3 Å². The molecule has 110 valence electrons. The molecule has 0 aliphatic heterocycles. The fourth-order valence-corrected chi connectivity index (χ4v) is 2.13. The fourth-order valence-electron chi connectivity index (χ4n) is 2.13. The van der Waals surface area contributed by atoms with E-state index in [1.165, 1.54) is 4.68 Å². The number of aryl methyl sites for hydroxylation is 2. The summed E-state index contributed by atoms with van der Waals surface area (Å²) in [6.45, 7) is 2.50. The van der Waals surface area contributed by atoms with E-state index in [0.717, 1.165) is 12.0 Å². The van der Waals surface area contributed by atoms with Crippen LogP contribution in [0.4, 0.5) is 0 Å². The predicted octanol–water partition coefficient (Wildman–Crippen LogP) is 2.34. The summed E-state index contributed by atoms with van der Waals surface area (Å²) in [4.78, 5) is 23.0. The molecule has 0 saturated carbocycles. The third-order valence-electron chi connectivity index (χ3n) is 3.16. The molecule has 0 aliphatic rings. The Kier molecular flexibility index (Phi) is 4.87. The maximum Gasteiger partial charge on any atom is 0.303 e. The van der Waals surface area contributed by atoms with Crippen molar-refractivity contribution < 1.29 is 9.90 Å². The van der Waals surface area contributed by atoms with Crippen LogP contribution < -0.4 is 5.56 Å². The molecule has 21 heavy (non-hydrogen) atoms. The topological polar surface area (TPSA) is 72.2 Å². The highest BCUT2D eigenvalue weighted by atomic mass is 16.4. The Hall–Kier alpha value is -2.43. The lowest BCUT2D eigenvalue weighted by atomic mass is 10.1. The number of nitrogens with zero attached hydrogens (tertiary/aromatic N) is 2. The first-order chi connectivity index (χ1) is 10.1. The molecular formula is C16H18N2O3. The van der Waals surface area contributed by atoms with Crippen molar-refractivity contribution in [1.82, 2.24) is 9.78 Å². The summed E-state index contributed by atoms with van der Waals surface area (Å²) in [6.07, 6.45) is 0.962. The summed E-state index contributed by atoms with van der Waals surface area (Å²) in [5.74, 6) is -0.908. The van der Waals surface area contributed by atoms with Crippen molar-refractivity contribution in [3.8, 4) is 11.3 Å². The van der Waals surface area contributed by atoms with E-state index in [4.69, 9.17) is 5.11 Å². The second-order valence-corrected chi connectivity index (χ2v) is 4.84. The van der Waals surface area contributed by atoms with Crippen LogP contribution in [-0.4, -0.2) is 20.9 Å². The van der Waals surface area contributed by atoms with Crippen molar-refractivity contribution in [1.29, 1.82) is 0 Å². The zero-order valence-corrected chi connectivity index (χ0v) is 12.0. The monoisotopic (exact) mass is 286 g/mol. The molecule has 2 aromatic rings. The summed E-state index contributed by atoms with van der Waals surface area (Å²) in [7, 11) is 0. The standard InChI is InChI=1S/C16H18N2O3/c1-2-10-18-16(21)13(8-9-15(19)20)11-14(17-18)12-6-4-3-5-7-12/h3-7,11H,2,8-10H2,1H3,(H,19,20). The molecule has 5 heteroatoms. The number of benzene rings is 1. The van der Waals surface area contributed by atoms with Crippen molar-refractivity contribution in [2.24, 2.45) is 0 Å². The average molecular weight is 286 g/mol. The maximum absolute atomic E-state index is 12.3. The first kappa shape index (κ1) is 15.0. The van der Waals surface area contributed by atoms with Gasteiger partial charge in [-0.15, -0.1) is 0 Å². The number of rotatable bonds is 6. The predicted molar refractivity (Wildman–Crippen MR) is 80.2 cm³/mol. The molecule has 0 amide bonds. The zero-order valence-electron chi connectivity index (χ0n) is 12.0. The van der Waals surface area contributed by atoms with Crippen molar-refractivity contribution in [2.75, 3.05) is 0 Å². The van der Waals surface area contributed by atoms with Crippen LogP contribution in [0.1, 0.15) is 25.3 Å². The van der Waals surface area contributed by atoms with Gasteiger partial charge in [0.05, 0.1) is 5.69 Å². The molecule has 0 atom stereocenters. The summed E-state index contributed by atoms with van der Waals surface area (Å²) in [5.41, 5.74) is 1.92. The van der Waals surface area contributed by atoms with Crippen LogP contribution in [0, 0.1) is 0 Å². The summed E-state index contributed by atoms with van der Waals surface area (Å²) >= 11 is 0. The molecular weight excluding hydrogens is 268 g/mol. The summed E-state index contributed by atoms with van der Waals surface area (Å²) in [6, 6.07) is 11.3. The Balaban J connectivity index is 2.46. The van der Waals surface area contributed by atoms with Gasteiger partial charge in [0.1, 0.15) is 0 Å². The van der Waals surface area contributed by atoms with Crippen LogP contribution in [0.15, 0.2) is 41.2 Å². The lowest BCUT2D eigenvalue weighted by Gasteiger charge is -2.09. The van der Waals surface area contributed by atoms with E-state index in [0.29, 0.717) is 17.8 Å². The third-order valence-corrected chi connectivity index (χ3v) is 3.16. The largest absolute Gasteiger partial charge is 0.481 e. The number of carboxylic acids is 1. The van der Waals surface area contributed by atoms with Gasteiger partial charge in [0.25, 0.3) is 5.56 Å². The van der Waals surface area contributed by atoms with E-state index >= 15 is 0 Å². The number of carbonyl (C=O) groups is 1. The minimum atomic E-state index is -0.908. The Morgan fingerprint density at radius 2 is 2.00 bits per heavy atom. The molecule has 1 aromatic carbocycles. The summed E-state index contributed by atoms with van der Waals surface area (Å²) < 4.78 is 1.43. The first-order valence-electron chi connectivity index (χ1n) is 7.00. The van der Waals surface area contributed by atoms with Gasteiger partial charge in [-0.05, 0) is 18.9 Å². The molecule has 0 aliphatic carbocycles. The number of carboxylic acid groups (broad SMARTS) is 1. The molecule has 1 heterocycles. The fraction of sp³-hybridized carbons (Fsp3) is 0.312. The van der Waals surface area contributed by atoms with Crippen molar-refractivity contribution in [3.05, 3.63) is 52.3 Å². The summed E-state index contributed by atoms with van der Waals surface area (Å²) in [5, 5.41) is 13.2. The van der Waals surface area contributed by atoms with E-state index < -0.39 is 5.97 Å². The molecule has 0 bridgehead atoms. The molecule has 1 N–H and O–H groups in total. The van der Waals surface area contributed by atoms with Crippen LogP contribution in [0.5, 0.6) is 0 Å². The number of hydrogen-bond donors (Lipinski definition) is 1. The number of aliphatic carboxylic acids is 1. The van der Waals surface area contributed by atoms with E-state index in [-0.39, 0.29) is 18.4 Å². The van der Waals surface area contributed by atoms with Crippen LogP contribution in [0.2, 0.25) is 0 Å². The number of aromatic nitrogens is 2. The van der Waals surface area contributed by atoms with Gasteiger partial charge in [0, 0.05) is 24.1 Å². The molecule has 2 rings (SSSR count). The molecule has 0 saturated heterocycles. The van der Waals surface area contributed by atoms with Gasteiger partial charge in [0.2, 0.25) is 0 Å². The molecule has 0 spiro atoms. The lowest BCUT2D eigenvalue weighted by molar-refractivity contribution is -0.136. The first-order valence-corrected chi connectivity index (χ1v) is 7.00. The van der Waals surface area contributed by atoms with Crippen molar-refractivity contribution >= 4 is 5.97 Å². The second-order valence-electron chi connectivity index (χ2n) is 4.84. The lowest BCUT2D eigenvalue weighted by Crippen LogP contribution is -2.27. The maximum atomic E-state index is 12.3.